The van der Waals surface area contributed by atoms with Gasteiger partial charge in [-0.1, -0.05) is 31.9 Å². The molecule has 0 aliphatic rings. The number of hydrogen-bond acceptors (Lipinski definition) is 5. The molecular weight excluding hydrogens is 299 g/mol. The average Bonchev–Trinajstić information content (AvgIpc) is 2.34. The number of unbranched alkanes of at least 4 members (excludes halogenated alkanes) is 3. The number of aliphatic carboxylic acids is 1. The van der Waals surface area contributed by atoms with Crippen LogP contribution in [0.3, 0.4) is 0 Å². The molecule has 0 radical (unpaired) electrons. The first-order valence-electron chi connectivity index (χ1n) is 6.96. The van der Waals surface area contributed by atoms with Gasteiger partial charge >= 0.3 is 57.4 Å². The maximum atomic E-state index is 11.5. The smallest absolute Gasteiger partial charge is 0.859 e. The van der Waals surface area contributed by atoms with Gasteiger partial charge in [-0.15, -0.1) is 0 Å². The van der Waals surface area contributed by atoms with E-state index >= 15 is 0 Å². The molecule has 0 aliphatic carbocycles. The molecule has 7 heteroatoms. The molecule has 2 N–H and O–H groups in total. The fourth-order valence-corrected chi connectivity index (χ4v) is 1.66. The van der Waals surface area contributed by atoms with E-state index in [0.29, 0.717) is 0 Å². The number of aliphatic hydroxyl groups is 1. The van der Waals surface area contributed by atoms with Crippen LogP contribution < -0.4 is 56.5 Å². The fraction of sp³-hybridized carbons (Fsp3) is 0.714. The molecule has 0 aromatic rings. The second-order valence-corrected chi connectivity index (χ2v) is 4.79. The molecule has 1 atom stereocenters. The third kappa shape index (κ3) is 16.4. The van der Waals surface area contributed by atoms with E-state index in [2.05, 4.69) is 11.9 Å². The van der Waals surface area contributed by atoms with Gasteiger partial charge in [0.1, 0.15) is 0 Å². The minimum atomic E-state index is -1.01. The maximum absolute atomic E-state index is 11.5. The number of hydrogen-bond donors (Lipinski definition) is 2. The summed E-state index contributed by atoms with van der Waals surface area (Å²) in [5.41, 5.74) is 0. The van der Waals surface area contributed by atoms with Gasteiger partial charge in [-0.05, 0) is 25.7 Å². The number of aliphatic hydroxyl groups excluding tert-OH is 1. The predicted molar refractivity (Wildman–Crippen MR) is 76.5 cm³/mol. The van der Waals surface area contributed by atoms with Gasteiger partial charge in [0, 0.05) is 6.54 Å². The molecule has 0 fully saturated rings. The Morgan fingerprint density at radius 3 is 2.62 bits per heavy atom. The summed E-state index contributed by atoms with van der Waals surface area (Å²) < 4.78 is 0. The monoisotopic (exact) mass is 324 g/mol. The molecule has 1 unspecified atom stereocenters. The Labute approximate surface area is 169 Å². The van der Waals surface area contributed by atoms with Gasteiger partial charge in [0.2, 0.25) is 0 Å². The molecule has 0 rings (SSSR count). The van der Waals surface area contributed by atoms with Crippen LogP contribution >= 0.6 is 0 Å². The second-order valence-electron chi connectivity index (χ2n) is 4.79. The number of aliphatic imine (C=N–C) groups is 1. The standard InChI is InChI=1S/C14H26N2O4.K/c1-3-4-5-6-7-8-13(18)15-11-16(9-12(2)17)10-14(19)20;/h7-8,12,17H,3-6,9-11H2,1-2H3,(H,15,18)(H,19,20);/q;+1/p-1/b8-7+;. The Morgan fingerprint density at radius 1 is 1.43 bits per heavy atom. The van der Waals surface area contributed by atoms with Gasteiger partial charge in [0.25, 0.3) is 0 Å². The van der Waals surface area contributed by atoms with Crippen molar-refractivity contribution in [1.29, 1.82) is 0 Å². The van der Waals surface area contributed by atoms with E-state index in [1.807, 2.05) is 0 Å². The molecule has 0 aromatic heterocycles. The van der Waals surface area contributed by atoms with Crippen LogP contribution in [-0.4, -0.2) is 52.8 Å². The van der Waals surface area contributed by atoms with Crippen LogP contribution in [0.25, 0.3) is 0 Å². The maximum Gasteiger partial charge on any atom is 1.00 e. The topological polar surface area (TPSA) is 96.2 Å². The van der Waals surface area contributed by atoms with Crippen molar-refractivity contribution in [2.24, 2.45) is 4.99 Å². The van der Waals surface area contributed by atoms with Gasteiger partial charge in [-0.25, -0.2) is 0 Å². The number of carboxylic acid groups (broad SMARTS) is 1. The van der Waals surface area contributed by atoms with Crippen LogP contribution in [0, 0.1) is 0 Å². The Bertz CT molecular complexity index is 333. The molecule has 0 spiro atoms. The summed E-state index contributed by atoms with van der Waals surface area (Å²) in [6.45, 7) is 3.58. The second kappa shape index (κ2) is 15.1. The molecule has 0 saturated carbocycles. The zero-order valence-corrected chi connectivity index (χ0v) is 16.4. The molecule has 21 heavy (non-hydrogen) atoms. The van der Waals surface area contributed by atoms with Crippen molar-refractivity contribution in [2.75, 3.05) is 19.8 Å². The van der Waals surface area contributed by atoms with E-state index in [1.165, 1.54) is 11.0 Å². The van der Waals surface area contributed by atoms with Crippen LogP contribution in [0.15, 0.2) is 17.1 Å². The zero-order chi connectivity index (χ0) is 15.4. The van der Waals surface area contributed by atoms with Crippen molar-refractivity contribution < 1.29 is 71.5 Å². The number of rotatable bonds is 11. The van der Waals surface area contributed by atoms with Gasteiger partial charge in [0.15, 0.2) is 0 Å². The average molecular weight is 324 g/mol. The van der Waals surface area contributed by atoms with E-state index in [4.69, 9.17) is 5.11 Å². The summed E-state index contributed by atoms with van der Waals surface area (Å²) in [5, 5.41) is 29.4. The van der Waals surface area contributed by atoms with Crippen molar-refractivity contribution >= 4 is 11.9 Å². The Balaban J connectivity index is 0. The van der Waals surface area contributed by atoms with Crippen molar-refractivity contribution in [1.82, 2.24) is 4.90 Å². The molecule has 0 bridgehead atoms. The zero-order valence-electron chi connectivity index (χ0n) is 13.3. The molecular formula is C14H25KN2O4. The number of carboxylic acids is 1. The van der Waals surface area contributed by atoms with E-state index < -0.39 is 12.1 Å². The summed E-state index contributed by atoms with van der Waals surface area (Å²) >= 11 is 0. The minimum Gasteiger partial charge on any atom is -0.859 e. The first kappa shape index (κ1) is 23.5. The van der Waals surface area contributed by atoms with Crippen LogP contribution in [-0.2, 0) is 4.79 Å². The number of allylic oxidation sites excluding steroid dienone is 1. The fourth-order valence-electron chi connectivity index (χ4n) is 1.66. The molecule has 116 valence electrons. The van der Waals surface area contributed by atoms with Crippen molar-refractivity contribution in [2.45, 2.75) is 45.6 Å². The van der Waals surface area contributed by atoms with E-state index in [0.717, 1.165) is 25.7 Å². The summed E-state index contributed by atoms with van der Waals surface area (Å²) in [4.78, 5) is 15.8. The molecule has 0 aromatic carbocycles. The van der Waals surface area contributed by atoms with Gasteiger partial charge in [-0.3, -0.25) is 14.7 Å². The molecule has 0 heterocycles. The first-order valence-corrected chi connectivity index (χ1v) is 6.96. The van der Waals surface area contributed by atoms with Crippen LogP contribution in [0.1, 0.15) is 39.5 Å². The van der Waals surface area contributed by atoms with E-state index in [1.54, 1.807) is 13.0 Å². The Kier molecular flexibility index (Phi) is 16.9. The van der Waals surface area contributed by atoms with Crippen molar-refractivity contribution in [3.63, 3.8) is 0 Å². The van der Waals surface area contributed by atoms with Crippen molar-refractivity contribution in [3.05, 3.63) is 12.2 Å². The van der Waals surface area contributed by atoms with Gasteiger partial charge < -0.3 is 15.3 Å². The quantitative estimate of drug-likeness (QED) is 0.191. The van der Waals surface area contributed by atoms with E-state index in [9.17, 15) is 15.0 Å². The molecule has 0 saturated heterocycles. The first-order chi connectivity index (χ1) is 9.45. The predicted octanol–water partition coefficient (Wildman–Crippen LogP) is -2.39. The third-order valence-corrected chi connectivity index (χ3v) is 2.54. The molecule has 0 aliphatic heterocycles. The largest absolute Gasteiger partial charge is 1.00 e. The van der Waals surface area contributed by atoms with Gasteiger partial charge in [0.05, 0.1) is 19.3 Å². The summed E-state index contributed by atoms with van der Waals surface area (Å²) in [6.07, 6.45) is 6.71. The normalized spacial score (nSPS) is 13.4. The van der Waals surface area contributed by atoms with Crippen LogP contribution in [0.4, 0.5) is 0 Å². The number of carbonyl (C=O) groups is 1. The van der Waals surface area contributed by atoms with Gasteiger partial charge in [-0.2, -0.15) is 0 Å². The van der Waals surface area contributed by atoms with Crippen LogP contribution in [0.5, 0.6) is 0 Å². The minimum absolute atomic E-state index is 0. The van der Waals surface area contributed by atoms with Crippen molar-refractivity contribution in [3.8, 4) is 0 Å². The Morgan fingerprint density at radius 2 is 2.10 bits per heavy atom. The van der Waals surface area contributed by atoms with Crippen LogP contribution in [0.2, 0.25) is 0 Å². The van der Waals surface area contributed by atoms with E-state index in [-0.39, 0.29) is 77.0 Å². The summed E-state index contributed by atoms with van der Waals surface area (Å²) in [5.74, 6) is -1.38. The molecule has 6 nitrogen and oxygen atoms in total. The summed E-state index contributed by atoms with van der Waals surface area (Å²) in [6, 6.07) is 0. The summed E-state index contributed by atoms with van der Waals surface area (Å²) in [7, 11) is 0. The number of nitrogens with zero attached hydrogens (tertiary/aromatic N) is 2. The Hall–Kier alpha value is 0.236. The molecule has 0 amide bonds. The third-order valence-electron chi connectivity index (χ3n) is 2.54. The SMILES string of the molecule is CCCCC/C=C/C([O-])=NCN(CC(=O)O)CC(C)O.[K+].